The van der Waals surface area contributed by atoms with Crippen LogP contribution in [0.25, 0.3) is 0 Å². The number of hydrogen-bond donors (Lipinski definition) is 1. The minimum Gasteiger partial charge on any atom is -0.477 e. The molecule has 0 amide bonds. The Labute approximate surface area is 105 Å². The number of ether oxygens (including phenoxy) is 1. The first-order valence-corrected chi connectivity index (χ1v) is 5.67. The quantitative estimate of drug-likeness (QED) is 0.922. The molecule has 6 heteroatoms. The molecular formula is C12H6FNO3S. The number of thiophene rings is 1. The Balaban J connectivity index is 2.28. The van der Waals surface area contributed by atoms with E-state index in [1.807, 2.05) is 6.07 Å². The Bertz CT molecular complexity index is 645. The number of nitrogens with zero attached hydrogens (tertiary/aromatic N) is 1. The van der Waals surface area contributed by atoms with Gasteiger partial charge in [-0.25, -0.2) is 9.18 Å². The monoisotopic (exact) mass is 263 g/mol. The average molecular weight is 263 g/mol. The Morgan fingerprint density at radius 1 is 1.44 bits per heavy atom. The molecule has 0 aliphatic heterocycles. The van der Waals surface area contributed by atoms with E-state index in [0.29, 0.717) is 5.75 Å². The van der Waals surface area contributed by atoms with Gasteiger partial charge in [-0.05, 0) is 18.2 Å². The molecule has 0 aliphatic rings. The Morgan fingerprint density at radius 3 is 2.83 bits per heavy atom. The molecule has 1 aromatic carbocycles. The maximum Gasteiger partial charge on any atom is 0.346 e. The number of halogens is 1. The van der Waals surface area contributed by atoms with Crippen molar-refractivity contribution >= 4 is 17.3 Å². The Morgan fingerprint density at radius 2 is 2.22 bits per heavy atom. The van der Waals surface area contributed by atoms with E-state index in [0.717, 1.165) is 17.4 Å². The van der Waals surface area contributed by atoms with Crippen molar-refractivity contribution in [3.8, 4) is 17.6 Å². The van der Waals surface area contributed by atoms with Crippen LogP contribution in [0.2, 0.25) is 0 Å². The van der Waals surface area contributed by atoms with Crippen molar-refractivity contribution in [3.63, 3.8) is 0 Å². The van der Waals surface area contributed by atoms with E-state index in [4.69, 9.17) is 15.1 Å². The van der Waals surface area contributed by atoms with Crippen LogP contribution in [0.3, 0.4) is 0 Å². The zero-order valence-corrected chi connectivity index (χ0v) is 9.70. The van der Waals surface area contributed by atoms with Crippen LogP contribution in [0.4, 0.5) is 4.39 Å². The zero-order valence-electron chi connectivity index (χ0n) is 8.88. The van der Waals surface area contributed by atoms with Crippen LogP contribution < -0.4 is 4.74 Å². The second-order valence-electron chi connectivity index (χ2n) is 3.31. The van der Waals surface area contributed by atoms with E-state index in [9.17, 15) is 9.18 Å². The van der Waals surface area contributed by atoms with Crippen molar-refractivity contribution in [2.75, 3.05) is 0 Å². The van der Waals surface area contributed by atoms with Crippen molar-refractivity contribution in [2.24, 2.45) is 0 Å². The predicted molar refractivity (Wildman–Crippen MR) is 62.5 cm³/mol. The largest absolute Gasteiger partial charge is 0.477 e. The van der Waals surface area contributed by atoms with Gasteiger partial charge in [0.25, 0.3) is 0 Å². The van der Waals surface area contributed by atoms with Crippen LogP contribution in [0.5, 0.6) is 11.5 Å². The summed E-state index contributed by atoms with van der Waals surface area (Å²) in [5.74, 6) is -1.08. The Kier molecular flexibility index (Phi) is 3.26. The number of rotatable bonds is 3. The lowest BCUT2D eigenvalue weighted by atomic mass is 10.2. The lowest BCUT2D eigenvalue weighted by molar-refractivity contribution is 0.0702. The van der Waals surface area contributed by atoms with Gasteiger partial charge in [0, 0.05) is 11.4 Å². The third kappa shape index (κ3) is 2.47. The fraction of sp³-hybridized carbons (Fsp3) is 0. The fourth-order valence-corrected chi connectivity index (χ4v) is 1.93. The van der Waals surface area contributed by atoms with E-state index in [1.54, 1.807) is 0 Å². The molecule has 0 atom stereocenters. The maximum absolute atomic E-state index is 12.9. The van der Waals surface area contributed by atoms with Gasteiger partial charge in [0.1, 0.15) is 28.3 Å². The van der Waals surface area contributed by atoms with Crippen LogP contribution in [0, 0.1) is 17.1 Å². The van der Waals surface area contributed by atoms with Crippen LogP contribution >= 0.6 is 11.3 Å². The summed E-state index contributed by atoms with van der Waals surface area (Å²) in [6.45, 7) is 0. The molecule has 0 saturated carbocycles. The van der Waals surface area contributed by atoms with Crippen molar-refractivity contribution in [2.45, 2.75) is 0 Å². The molecule has 0 aliphatic carbocycles. The third-order valence-corrected chi connectivity index (χ3v) is 2.97. The molecule has 2 aromatic rings. The smallest absolute Gasteiger partial charge is 0.346 e. The first-order valence-electron chi connectivity index (χ1n) is 4.79. The molecule has 0 bridgehead atoms. The number of benzene rings is 1. The highest BCUT2D eigenvalue weighted by Crippen LogP contribution is 2.29. The molecule has 18 heavy (non-hydrogen) atoms. The van der Waals surface area contributed by atoms with Gasteiger partial charge in [0.05, 0.1) is 5.56 Å². The second kappa shape index (κ2) is 4.85. The van der Waals surface area contributed by atoms with Crippen LogP contribution in [0.15, 0.2) is 29.6 Å². The molecule has 0 radical (unpaired) electrons. The van der Waals surface area contributed by atoms with Crippen molar-refractivity contribution < 1.29 is 19.0 Å². The van der Waals surface area contributed by atoms with Gasteiger partial charge in [0.2, 0.25) is 0 Å². The van der Waals surface area contributed by atoms with E-state index in [-0.39, 0.29) is 16.2 Å². The van der Waals surface area contributed by atoms with E-state index in [2.05, 4.69) is 0 Å². The summed E-state index contributed by atoms with van der Waals surface area (Å²) in [6.07, 6.45) is 0. The number of carboxylic acid groups (broad SMARTS) is 1. The molecule has 4 nitrogen and oxygen atoms in total. The zero-order chi connectivity index (χ0) is 13.1. The van der Waals surface area contributed by atoms with Crippen molar-refractivity contribution in [1.82, 2.24) is 0 Å². The fourth-order valence-electron chi connectivity index (χ4n) is 1.29. The number of carbonyl (C=O) groups is 1. The van der Waals surface area contributed by atoms with Gasteiger partial charge >= 0.3 is 5.97 Å². The summed E-state index contributed by atoms with van der Waals surface area (Å²) in [5.41, 5.74) is 0.0538. The van der Waals surface area contributed by atoms with Gasteiger partial charge < -0.3 is 9.84 Å². The lowest BCUT2D eigenvalue weighted by Crippen LogP contribution is -1.91. The molecular weight excluding hydrogens is 257 g/mol. The number of nitriles is 1. The van der Waals surface area contributed by atoms with Gasteiger partial charge in [-0.2, -0.15) is 5.26 Å². The normalized spacial score (nSPS) is 9.78. The summed E-state index contributed by atoms with van der Waals surface area (Å²) in [6, 6.07) is 6.70. The first-order chi connectivity index (χ1) is 8.60. The van der Waals surface area contributed by atoms with E-state index in [1.165, 1.54) is 23.6 Å². The number of aromatic carboxylic acids is 1. The molecule has 90 valence electrons. The standard InChI is InChI=1S/C12H6FNO3S/c13-8-1-2-10(7(3-8)5-14)17-9-4-11(12(15)16)18-6-9/h1-4,6H,(H,15,16). The van der Waals surface area contributed by atoms with Gasteiger partial charge in [-0.3, -0.25) is 0 Å². The summed E-state index contributed by atoms with van der Waals surface area (Å²) < 4.78 is 18.2. The molecule has 0 fully saturated rings. The average Bonchev–Trinajstić information content (AvgIpc) is 2.80. The molecule has 1 N–H and O–H groups in total. The summed E-state index contributed by atoms with van der Waals surface area (Å²) in [5, 5.41) is 19.1. The molecule has 1 heterocycles. The van der Waals surface area contributed by atoms with E-state index >= 15 is 0 Å². The first kappa shape index (κ1) is 12.1. The SMILES string of the molecule is N#Cc1cc(F)ccc1Oc1csc(C(=O)O)c1. The highest BCUT2D eigenvalue weighted by atomic mass is 32.1. The van der Waals surface area contributed by atoms with Crippen LogP contribution in [-0.2, 0) is 0 Å². The minimum atomic E-state index is -1.05. The third-order valence-electron chi connectivity index (χ3n) is 2.08. The molecule has 0 unspecified atom stereocenters. The topological polar surface area (TPSA) is 70.3 Å². The summed E-state index contributed by atoms with van der Waals surface area (Å²) in [7, 11) is 0. The second-order valence-corrected chi connectivity index (χ2v) is 4.22. The summed E-state index contributed by atoms with van der Waals surface area (Å²) in [4.78, 5) is 10.8. The molecule has 2 rings (SSSR count). The summed E-state index contributed by atoms with van der Waals surface area (Å²) >= 11 is 1.01. The highest BCUT2D eigenvalue weighted by molar-refractivity contribution is 7.12. The minimum absolute atomic E-state index is 0.0538. The van der Waals surface area contributed by atoms with Crippen LogP contribution in [0.1, 0.15) is 15.2 Å². The molecule has 0 saturated heterocycles. The number of hydrogen-bond acceptors (Lipinski definition) is 4. The Hall–Kier alpha value is -2.39. The van der Waals surface area contributed by atoms with Crippen molar-refractivity contribution in [1.29, 1.82) is 5.26 Å². The highest BCUT2D eigenvalue weighted by Gasteiger charge is 2.10. The number of carboxylic acids is 1. The lowest BCUT2D eigenvalue weighted by Gasteiger charge is -2.04. The van der Waals surface area contributed by atoms with Gasteiger partial charge in [-0.15, -0.1) is 11.3 Å². The molecule has 0 spiro atoms. The molecule has 1 aromatic heterocycles. The van der Waals surface area contributed by atoms with Gasteiger partial charge in [0.15, 0.2) is 0 Å². The predicted octanol–water partition coefficient (Wildman–Crippen LogP) is 3.25. The van der Waals surface area contributed by atoms with Gasteiger partial charge in [-0.1, -0.05) is 0 Å². The van der Waals surface area contributed by atoms with Crippen LogP contribution in [-0.4, -0.2) is 11.1 Å². The van der Waals surface area contributed by atoms with E-state index < -0.39 is 11.8 Å². The maximum atomic E-state index is 12.9. The van der Waals surface area contributed by atoms with Crippen molar-refractivity contribution in [3.05, 3.63) is 45.9 Å².